The predicted molar refractivity (Wildman–Crippen MR) is 121 cm³/mol. The van der Waals surface area contributed by atoms with Gasteiger partial charge >= 0.3 is 0 Å². The standard InChI is InChI=1S/C24H43N5O/c1-16-13-22(26-19-6-3-7-19)28-24(25-16)27-20-14-18-9-12-30-23(18)21(15-20)17-5-4-10-29(2)11-8-17/h8,16,18-28H,3-7,9-15H2,1-2H3. The molecule has 2 aliphatic carbocycles. The van der Waals surface area contributed by atoms with Crippen LogP contribution < -0.4 is 21.3 Å². The zero-order valence-corrected chi connectivity index (χ0v) is 19.0. The van der Waals surface area contributed by atoms with E-state index in [2.05, 4.69) is 46.2 Å². The van der Waals surface area contributed by atoms with Crippen LogP contribution in [0, 0.1) is 11.8 Å². The molecule has 0 aromatic heterocycles. The highest BCUT2D eigenvalue weighted by molar-refractivity contribution is 5.15. The maximum Gasteiger partial charge on any atom is 0.113 e. The Kier molecular flexibility index (Phi) is 6.80. The first-order chi connectivity index (χ1) is 14.6. The first-order valence-electron chi connectivity index (χ1n) is 12.7. The number of hydrogen-bond donors (Lipinski definition) is 4. The van der Waals surface area contributed by atoms with E-state index in [4.69, 9.17) is 4.74 Å². The molecule has 2 saturated carbocycles. The molecule has 170 valence electrons. The van der Waals surface area contributed by atoms with Gasteiger partial charge in [-0.3, -0.25) is 21.3 Å². The van der Waals surface area contributed by atoms with Gasteiger partial charge in [-0.1, -0.05) is 18.1 Å². The van der Waals surface area contributed by atoms with Crippen molar-refractivity contribution in [3.8, 4) is 0 Å². The van der Waals surface area contributed by atoms with E-state index >= 15 is 0 Å². The van der Waals surface area contributed by atoms with Crippen molar-refractivity contribution < 1.29 is 4.74 Å². The molecule has 0 aromatic rings. The molecule has 5 aliphatic rings. The van der Waals surface area contributed by atoms with Crippen molar-refractivity contribution in [3.05, 3.63) is 11.6 Å². The summed E-state index contributed by atoms with van der Waals surface area (Å²) >= 11 is 0. The van der Waals surface area contributed by atoms with Gasteiger partial charge in [0.25, 0.3) is 0 Å². The van der Waals surface area contributed by atoms with E-state index in [1.165, 1.54) is 57.9 Å². The van der Waals surface area contributed by atoms with Crippen molar-refractivity contribution in [1.29, 1.82) is 0 Å². The zero-order valence-electron chi connectivity index (χ0n) is 19.0. The van der Waals surface area contributed by atoms with Crippen LogP contribution in [0.25, 0.3) is 0 Å². The van der Waals surface area contributed by atoms with Crippen LogP contribution in [0.15, 0.2) is 11.6 Å². The average molecular weight is 418 g/mol. The molecule has 4 fully saturated rings. The summed E-state index contributed by atoms with van der Waals surface area (Å²) < 4.78 is 6.30. The minimum Gasteiger partial charge on any atom is -0.377 e. The molecule has 0 radical (unpaired) electrons. The minimum atomic E-state index is 0.199. The Labute approximate surface area is 182 Å². The zero-order chi connectivity index (χ0) is 20.5. The van der Waals surface area contributed by atoms with Gasteiger partial charge in [-0.15, -0.1) is 0 Å². The van der Waals surface area contributed by atoms with E-state index in [9.17, 15) is 0 Å². The highest BCUT2D eigenvalue weighted by Gasteiger charge is 2.43. The molecule has 0 bridgehead atoms. The van der Waals surface area contributed by atoms with E-state index in [-0.39, 0.29) is 6.29 Å². The highest BCUT2D eigenvalue weighted by Crippen LogP contribution is 2.42. The lowest BCUT2D eigenvalue weighted by Crippen LogP contribution is -2.69. The predicted octanol–water partition coefficient (Wildman–Crippen LogP) is 2.13. The Hall–Kier alpha value is -0.500. The normalized spacial score (nSPS) is 43.5. The van der Waals surface area contributed by atoms with Crippen LogP contribution >= 0.6 is 0 Å². The summed E-state index contributed by atoms with van der Waals surface area (Å²) in [6.07, 6.45) is 15.1. The monoisotopic (exact) mass is 417 g/mol. The maximum atomic E-state index is 6.30. The molecule has 6 heteroatoms. The largest absolute Gasteiger partial charge is 0.377 e. The van der Waals surface area contributed by atoms with E-state index < -0.39 is 0 Å². The van der Waals surface area contributed by atoms with Gasteiger partial charge in [0.1, 0.15) is 6.29 Å². The molecule has 7 atom stereocenters. The fourth-order valence-electron chi connectivity index (χ4n) is 6.44. The van der Waals surface area contributed by atoms with Gasteiger partial charge in [0, 0.05) is 37.2 Å². The van der Waals surface area contributed by atoms with Crippen LogP contribution in [-0.2, 0) is 4.74 Å². The molecule has 7 unspecified atom stereocenters. The van der Waals surface area contributed by atoms with Gasteiger partial charge in [0.15, 0.2) is 0 Å². The van der Waals surface area contributed by atoms with Crippen LogP contribution in [0.1, 0.15) is 64.7 Å². The van der Waals surface area contributed by atoms with E-state index in [1.54, 1.807) is 5.57 Å². The summed E-state index contributed by atoms with van der Waals surface area (Å²) in [5.41, 5.74) is 1.67. The SMILES string of the molecule is CC1CC(NC2CCC2)NC(NC2CC3CCOC3C(C3=CCN(C)CCC3)C2)N1. The second-order valence-corrected chi connectivity index (χ2v) is 10.7. The van der Waals surface area contributed by atoms with E-state index in [0.717, 1.165) is 25.6 Å². The third-order valence-electron chi connectivity index (χ3n) is 8.29. The van der Waals surface area contributed by atoms with Gasteiger partial charge < -0.3 is 9.64 Å². The molecule has 2 saturated heterocycles. The van der Waals surface area contributed by atoms with Crippen molar-refractivity contribution in [2.24, 2.45) is 11.8 Å². The van der Waals surface area contributed by atoms with Gasteiger partial charge in [0.05, 0.1) is 12.3 Å². The van der Waals surface area contributed by atoms with Crippen LogP contribution in [0.3, 0.4) is 0 Å². The summed E-state index contributed by atoms with van der Waals surface area (Å²) in [5, 5.41) is 15.4. The van der Waals surface area contributed by atoms with Crippen LogP contribution in [-0.4, -0.2) is 68.3 Å². The number of nitrogens with one attached hydrogen (secondary N) is 4. The van der Waals surface area contributed by atoms with Crippen LogP contribution in [0.4, 0.5) is 0 Å². The Morgan fingerprint density at radius 1 is 1.03 bits per heavy atom. The molecule has 3 aliphatic heterocycles. The summed E-state index contributed by atoms with van der Waals surface area (Å²) in [7, 11) is 2.25. The topological polar surface area (TPSA) is 60.6 Å². The quantitative estimate of drug-likeness (QED) is 0.514. The summed E-state index contributed by atoms with van der Waals surface area (Å²) in [4.78, 5) is 2.45. The number of ether oxygens (including phenoxy) is 1. The number of rotatable bonds is 5. The summed E-state index contributed by atoms with van der Waals surface area (Å²) in [6.45, 7) is 5.59. The number of hydrogen-bond acceptors (Lipinski definition) is 6. The Morgan fingerprint density at radius 3 is 2.77 bits per heavy atom. The maximum absolute atomic E-state index is 6.30. The van der Waals surface area contributed by atoms with Crippen LogP contribution in [0.5, 0.6) is 0 Å². The molecule has 0 spiro atoms. The summed E-state index contributed by atoms with van der Waals surface area (Å²) in [6, 6.07) is 1.81. The molecule has 30 heavy (non-hydrogen) atoms. The van der Waals surface area contributed by atoms with Crippen molar-refractivity contribution in [2.75, 3.05) is 26.7 Å². The van der Waals surface area contributed by atoms with Crippen molar-refractivity contribution in [2.45, 2.75) is 101 Å². The second-order valence-electron chi connectivity index (χ2n) is 10.7. The average Bonchev–Trinajstić information content (AvgIpc) is 3.04. The van der Waals surface area contributed by atoms with E-state index in [1.807, 2.05) is 0 Å². The Bertz CT molecular complexity index is 608. The molecular weight excluding hydrogens is 374 g/mol. The fourth-order valence-corrected chi connectivity index (χ4v) is 6.44. The highest BCUT2D eigenvalue weighted by atomic mass is 16.5. The first-order valence-corrected chi connectivity index (χ1v) is 12.7. The van der Waals surface area contributed by atoms with E-state index in [0.29, 0.717) is 36.2 Å². The molecule has 0 amide bonds. The number of likely N-dealkylation sites (N-methyl/N-ethyl adjacent to an activating group) is 1. The lowest BCUT2D eigenvalue weighted by atomic mass is 9.72. The lowest BCUT2D eigenvalue weighted by Gasteiger charge is -2.44. The molecule has 0 aromatic carbocycles. The Morgan fingerprint density at radius 2 is 1.93 bits per heavy atom. The van der Waals surface area contributed by atoms with Crippen LogP contribution in [0.2, 0.25) is 0 Å². The van der Waals surface area contributed by atoms with Crippen molar-refractivity contribution in [1.82, 2.24) is 26.2 Å². The van der Waals surface area contributed by atoms with Gasteiger partial charge in [0.2, 0.25) is 0 Å². The third-order valence-corrected chi connectivity index (χ3v) is 8.29. The Balaban J connectivity index is 1.23. The van der Waals surface area contributed by atoms with Gasteiger partial charge in [-0.25, -0.2) is 0 Å². The molecule has 3 heterocycles. The second kappa shape index (κ2) is 9.55. The molecular formula is C24H43N5O. The molecule has 4 N–H and O–H groups in total. The first kappa shape index (κ1) is 21.4. The lowest BCUT2D eigenvalue weighted by molar-refractivity contribution is 0.0173. The third kappa shape index (κ3) is 4.94. The number of nitrogens with zero attached hydrogens (tertiary/aromatic N) is 1. The van der Waals surface area contributed by atoms with Crippen molar-refractivity contribution >= 4 is 0 Å². The molecule has 5 rings (SSSR count). The number of fused-ring (bicyclic) bond motifs is 1. The summed E-state index contributed by atoms with van der Waals surface area (Å²) in [5.74, 6) is 1.31. The van der Waals surface area contributed by atoms with Crippen molar-refractivity contribution in [3.63, 3.8) is 0 Å². The minimum absolute atomic E-state index is 0.199. The van der Waals surface area contributed by atoms with Gasteiger partial charge in [-0.05, 0) is 77.8 Å². The fraction of sp³-hybridized carbons (Fsp3) is 0.917. The molecule has 6 nitrogen and oxygen atoms in total. The smallest absolute Gasteiger partial charge is 0.113 e. The van der Waals surface area contributed by atoms with Gasteiger partial charge in [-0.2, -0.15) is 0 Å².